The Morgan fingerprint density at radius 1 is 1.07 bits per heavy atom. The van der Waals surface area contributed by atoms with E-state index in [9.17, 15) is 0 Å². The maximum atomic E-state index is 3.40. The highest BCUT2D eigenvalue weighted by molar-refractivity contribution is 5.42. The second-order valence-corrected chi connectivity index (χ2v) is 3.97. The van der Waals surface area contributed by atoms with Crippen molar-refractivity contribution in [1.29, 1.82) is 0 Å². The van der Waals surface area contributed by atoms with Crippen molar-refractivity contribution in [2.45, 2.75) is 13.0 Å². The van der Waals surface area contributed by atoms with E-state index in [0.717, 1.165) is 19.5 Å². The molecule has 0 spiro atoms. The Labute approximate surface area is 89.5 Å². The summed E-state index contributed by atoms with van der Waals surface area (Å²) in [5.74, 6) is 0. The van der Waals surface area contributed by atoms with Gasteiger partial charge in [-0.3, -0.25) is 0 Å². The van der Waals surface area contributed by atoms with E-state index in [1.807, 2.05) is 0 Å². The minimum Gasteiger partial charge on any atom is -0.324 e. The molecule has 1 aliphatic rings. The third-order valence-electron chi connectivity index (χ3n) is 2.98. The summed E-state index contributed by atoms with van der Waals surface area (Å²) < 4.78 is 2.15. The molecule has 2 heteroatoms. The van der Waals surface area contributed by atoms with Crippen LogP contribution in [0.25, 0.3) is 5.69 Å². The van der Waals surface area contributed by atoms with Crippen LogP contribution in [0.1, 0.15) is 11.1 Å². The molecule has 0 saturated carbocycles. The summed E-state index contributed by atoms with van der Waals surface area (Å²) in [6.07, 6.45) is 5.32. The lowest BCUT2D eigenvalue weighted by molar-refractivity contribution is 0.643. The molecule has 0 atom stereocenters. The van der Waals surface area contributed by atoms with Gasteiger partial charge in [-0.15, -0.1) is 0 Å². The highest BCUT2D eigenvalue weighted by Crippen LogP contribution is 2.18. The van der Waals surface area contributed by atoms with Crippen LogP contribution in [0.3, 0.4) is 0 Å². The van der Waals surface area contributed by atoms with E-state index < -0.39 is 0 Å². The Morgan fingerprint density at radius 3 is 2.80 bits per heavy atom. The van der Waals surface area contributed by atoms with Gasteiger partial charge in [-0.05, 0) is 48.4 Å². The number of rotatable bonds is 1. The summed E-state index contributed by atoms with van der Waals surface area (Å²) in [6.45, 7) is 2.11. The van der Waals surface area contributed by atoms with Crippen molar-refractivity contribution in [3.05, 3.63) is 53.9 Å². The summed E-state index contributed by atoms with van der Waals surface area (Å²) in [4.78, 5) is 0. The molecule has 3 rings (SSSR count). The Balaban J connectivity index is 2.04. The Hall–Kier alpha value is -1.54. The van der Waals surface area contributed by atoms with E-state index in [2.05, 4.69) is 52.6 Å². The Bertz CT molecular complexity index is 457. The number of nitrogens with zero attached hydrogens (tertiary/aromatic N) is 1. The highest BCUT2D eigenvalue weighted by atomic mass is 14.9. The standard InChI is InChI=1S/C13H14N2/c1-2-8-15(7-1)13-4-3-11-5-6-14-10-12(11)9-13/h1-4,7-9,14H,5-6,10H2. The zero-order valence-corrected chi connectivity index (χ0v) is 8.61. The Morgan fingerprint density at radius 2 is 1.93 bits per heavy atom. The van der Waals surface area contributed by atoms with E-state index >= 15 is 0 Å². The van der Waals surface area contributed by atoms with Gasteiger partial charge in [0.15, 0.2) is 0 Å². The van der Waals surface area contributed by atoms with Crippen molar-refractivity contribution in [2.75, 3.05) is 6.54 Å². The number of fused-ring (bicyclic) bond motifs is 1. The number of aromatic nitrogens is 1. The van der Waals surface area contributed by atoms with E-state index in [4.69, 9.17) is 0 Å². The van der Waals surface area contributed by atoms with Crippen LogP contribution in [-0.4, -0.2) is 11.1 Å². The molecule has 0 unspecified atom stereocenters. The molecule has 0 saturated heterocycles. The quantitative estimate of drug-likeness (QED) is 0.742. The van der Waals surface area contributed by atoms with Gasteiger partial charge in [0.2, 0.25) is 0 Å². The third kappa shape index (κ3) is 1.57. The monoisotopic (exact) mass is 198 g/mol. The van der Waals surface area contributed by atoms with Gasteiger partial charge < -0.3 is 9.88 Å². The highest BCUT2D eigenvalue weighted by Gasteiger charge is 2.08. The van der Waals surface area contributed by atoms with Crippen molar-refractivity contribution in [3.63, 3.8) is 0 Å². The van der Waals surface area contributed by atoms with Crippen LogP contribution in [0, 0.1) is 0 Å². The van der Waals surface area contributed by atoms with Crippen molar-refractivity contribution in [2.24, 2.45) is 0 Å². The number of benzene rings is 1. The first-order chi connectivity index (χ1) is 7.43. The van der Waals surface area contributed by atoms with Crippen LogP contribution in [0.4, 0.5) is 0 Å². The molecular weight excluding hydrogens is 184 g/mol. The van der Waals surface area contributed by atoms with Crippen LogP contribution >= 0.6 is 0 Å². The third-order valence-corrected chi connectivity index (χ3v) is 2.98. The molecule has 2 nitrogen and oxygen atoms in total. The van der Waals surface area contributed by atoms with E-state index in [0.29, 0.717) is 0 Å². The minimum atomic E-state index is 1.00. The molecular formula is C13H14N2. The fourth-order valence-electron chi connectivity index (χ4n) is 2.13. The van der Waals surface area contributed by atoms with Gasteiger partial charge in [-0.1, -0.05) is 6.07 Å². The molecule has 1 aliphatic heterocycles. The van der Waals surface area contributed by atoms with Gasteiger partial charge in [-0.25, -0.2) is 0 Å². The predicted molar refractivity (Wildman–Crippen MR) is 61.2 cm³/mol. The van der Waals surface area contributed by atoms with Crippen molar-refractivity contribution in [3.8, 4) is 5.69 Å². The summed E-state index contributed by atoms with van der Waals surface area (Å²) in [5.41, 5.74) is 4.18. The average molecular weight is 198 g/mol. The molecule has 15 heavy (non-hydrogen) atoms. The molecule has 0 bridgehead atoms. The van der Waals surface area contributed by atoms with Gasteiger partial charge in [0, 0.05) is 24.6 Å². The van der Waals surface area contributed by atoms with Crippen LogP contribution in [-0.2, 0) is 13.0 Å². The van der Waals surface area contributed by atoms with E-state index in [1.54, 1.807) is 0 Å². The normalized spacial score (nSPS) is 14.9. The van der Waals surface area contributed by atoms with Gasteiger partial charge >= 0.3 is 0 Å². The molecule has 76 valence electrons. The molecule has 2 heterocycles. The second kappa shape index (κ2) is 3.55. The van der Waals surface area contributed by atoms with E-state index in [-0.39, 0.29) is 0 Å². The first-order valence-electron chi connectivity index (χ1n) is 5.39. The van der Waals surface area contributed by atoms with Crippen molar-refractivity contribution >= 4 is 0 Å². The maximum Gasteiger partial charge on any atom is 0.0452 e. The van der Waals surface area contributed by atoms with Crippen molar-refractivity contribution < 1.29 is 0 Å². The maximum absolute atomic E-state index is 3.40. The lowest BCUT2D eigenvalue weighted by atomic mass is 10.0. The lowest BCUT2D eigenvalue weighted by Gasteiger charge is -2.18. The molecule has 2 aromatic rings. The summed E-state index contributed by atoms with van der Waals surface area (Å²) in [7, 11) is 0. The summed E-state index contributed by atoms with van der Waals surface area (Å²) in [6, 6.07) is 10.8. The lowest BCUT2D eigenvalue weighted by Crippen LogP contribution is -2.23. The van der Waals surface area contributed by atoms with Gasteiger partial charge in [-0.2, -0.15) is 0 Å². The summed E-state index contributed by atoms with van der Waals surface area (Å²) >= 11 is 0. The van der Waals surface area contributed by atoms with Gasteiger partial charge in [0.1, 0.15) is 0 Å². The minimum absolute atomic E-state index is 1.00. The number of nitrogens with one attached hydrogen (secondary N) is 1. The fourth-order valence-corrected chi connectivity index (χ4v) is 2.13. The average Bonchev–Trinajstić information content (AvgIpc) is 2.82. The van der Waals surface area contributed by atoms with Crippen LogP contribution in [0.15, 0.2) is 42.7 Å². The van der Waals surface area contributed by atoms with E-state index in [1.165, 1.54) is 16.8 Å². The van der Waals surface area contributed by atoms with Gasteiger partial charge in [0.25, 0.3) is 0 Å². The van der Waals surface area contributed by atoms with Crippen molar-refractivity contribution in [1.82, 2.24) is 9.88 Å². The number of hydrogen-bond acceptors (Lipinski definition) is 1. The summed E-state index contributed by atoms with van der Waals surface area (Å²) in [5, 5.41) is 3.40. The molecule has 1 N–H and O–H groups in total. The SMILES string of the molecule is c1ccn(-c2ccc3c(c2)CNCC3)c1. The first kappa shape index (κ1) is 8.74. The fraction of sp³-hybridized carbons (Fsp3) is 0.231. The number of hydrogen-bond donors (Lipinski definition) is 1. The smallest absolute Gasteiger partial charge is 0.0452 e. The second-order valence-electron chi connectivity index (χ2n) is 3.97. The molecule has 1 aromatic carbocycles. The van der Waals surface area contributed by atoms with Crippen LogP contribution in [0.2, 0.25) is 0 Å². The molecule has 0 aliphatic carbocycles. The Kier molecular flexibility index (Phi) is 2.07. The zero-order chi connectivity index (χ0) is 10.1. The predicted octanol–water partition coefficient (Wildman–Crippen LogP) is 2.12. The van der Waals surface area contributed by atoms with Gasteiger partial charge in [0.05, 0.1) is 0 Å². The molecule has 1 aromatic heterocycles. The molecule has 0 amide bonds. The molecule has 0 fully saturated rings. The largest absolute Gasteiger partial charge is 0.324 e. The van der Waals surface area contributed by atoms with Crippen LogP contribution < -0.4 is 5.32 Å². The molecule has 0 radical (unpaired) electrons. The topological polar surface area (TPSA) is 17.0 Å². The first-order valence-corrected chi connectivity index (χ1v) is 5.39. The zero-order valence-electron chi connectivity index (χ0n) is 8.61. The van der Waals surface area contributed by atoms with Crippen LogP contribution in [0.5, 0.6) is 0 Å².